The number of aryl methyl sites for hydroxylation is 2. The van der Waals surface area contributed by atoms with E-state index in [0.717, 1.165) is 22.7 Å². The van der Waals surface area contributed by atoms with Gasteiger partial charge in [0.2, 0.25) is 0 Å². The summed E-state index contributed by atoms with van der Waals surface area (Å²) >= 11 is 0. The Morgan fingerprint density at radius 1 is 1.19 bits per heavy atom. The molecule has 3 atom stereocenters. The van der Waals surface area contributed by atoms with Crippen molar-refractivity contribution in [3.05, 3.63) is 63.1 Å². The van der Waals surface area contributed by atoms with E-state index in [9.17, 15) is 4.79 Å². The number of rotatable bonds is 12. The predicted octanol–water partition coefficient (Wildman–Crippen LogP) is 7.61. The summed E-state index contributed by atoms with van der Waals surface area (Å²) < 4.78 is 18.0. The van der Waals surface area contributed by atoms with Crippen molar-refractivity contribution < 1.29 is 19.0 Å². The molecule has 1 aliphatic rings. The molecule has 1 aromatic rings. The molecule has 0 saturated carbocycles. The van der Waals surface area contributed by atoms with Gasteiger partial charge in [0.05, 0.1) is 24.4 Å². The molecule has 0 bridgehead atoms. The van der Waals surface area contributed by atoms with Crippen molar-refractivity contribution in [3.8, 4) is 0 Å². The van der Waals surface area contributed by atoms with Gasteiger partial charge in [-0.3, -0.25) is 0 Å². The van der Waals surface area contributed by atoms with Crippen LogP contribution in [-0.4, -0.2) is 45.2 Å². The van der Waals surface area contributed by atoms with Crippen LogP contribution in [0, 0.1) is 19.8 Å². The van der Waals surface area contributed by atoms with E-state index in [1.165, 1.54) is 0 Å². The van der Waals surface area contributed by atoms with E-state index in [1.807, 2.05) is 58.9 Å². The zero-order valence-corrected chi connectivity index (χ0v) is 24.2. The van der Waals surface area contributed by atoms with Gasteiger partial charge in [-0.1, -0.05) is 73.7 Å². The Kier molecular flexibility index (Phi) is 11.0. The number of esters is 1. The van der Waals surface area contributed by atoms with Crippen LogP contribution in [0.15, 0.2) is 35.5 Å². The second-order valence-corrected chi connectivity index (χ2v) is 17.0. The molecule has 0 aliphatic carbocycles. The minimum absolute atomic E-state index is 0.0854. The first-order valence-corrected chi connectivity index (χ1v) is 16.5. The summed E-state index contributed by atoms with van der Waals surface area (Å²) in [5.41, 5.74) is 12.0. The highest BCUT2D eigenvalue weighted by molar-refractivity contribution is 6.76. The Labute approximate surface area is 217 Å². The first-order chi connectivity index (χ1) is 16.8. The Morgan fingerprint density at radius 2 is 1.83 bits per heavy atom. The molecule has 2 rings (SSSR count). The highest BCUT2D eigenvalue weighted by Gasteiger charge is 2.39. The zero-order valence-electron chi connectivity index (χ0n) is 23.2. The summed E-state index contributed by atoms with van der Waals surface area (Å²) in [6, 6.07) is 5.00. The largest absolute Gasteiger partial charge is 0.462 e. The van der Waals surface area contributed by atoms with E-state index in [2.05, 4.69) is 41.8 Å². The van der Waals surface area contributed by atoms with Crippen LogP contribution in [0.4, 0.5) is 0 Å². The Balaban J connectivity index is 2.10. The number of ether oxygens (including phenoxy) is 3. The quantitative estimate of drug-likeness (QED) is 0.0717. The van der Waals surface area contributed by atoms with Gasteiger partial charge in [0.1, 0.15) is 0 Å². The van der Waals surface area contributed by atoms with Crippen molar-refractivity contribution in [1.29, 1.82) is 0 Å². The summed E-state index contributed by atoms with van der Waals surface area (Å²) in [5, 5.41) is 3.62. The van der Waals surface area contributed by atoms with Crippen LogP contribution >= 0.6 is 0 Å². The molecule has 1 saturated heterocycles. The molecule has 0 N–H and O–H groups in total. The molecule has 1 unspecified atom stereocenters. The Hall–Kier alpha value is -2.38. The maximum atomic E-state index is 13.0. The van der Waals surface area contributed by atoms with Crippen LogP contribution in [0.1, 0.15) is 60.7 Å². The van der Waals surface area contributed by atoms with Crippen molar-refractivity contribution >= 4 is 20.1 Å². The zero-order chi connectivity index (χ0) is 26.9. The van der Waals surface area contributed by atoms with Gasteiger partial charge in [-0.15, -0.1) is 0 Å². The lowest BCUT2D eigenvalue weighted by Crippen LogP contribution is -2.23. The second kappa shape index (κ2) is 13.2. The molecule has 1 aromatic carbocycles. The van der Waals surface area contributed by atoms with Crippen molar-refractivity contribution in [3.63, 3.8) is 0 Å². The van der Waals surface area contributed by atoms with Gasteiger partial charge in [0.15, 0.2) is 5.79 Å². The smallest absolute Gasteiger partial charge is 0.338 e. The molecular weight excluding hydrogens is 470 g/mol. The highest BCUT2D eigenvalue weighted by atomic mass is 28.3. The third-order valence-electron chi connectivity index (χ3n) is 6.02. The molecule has 1 heterocycles. The third kappa shape index (κ3) is 9.94. The molecule has 1 fully saturated rings. The average Bonchev–Trinajstić information content (AvgIpc) is 3.04. The predicted molar refractivity (Wildman–Crippen MR) is 149 cm³/mol. The van der Waals surface area contributed by atoms with E-state index in [4.69, 9.17) is 19.7 Å². The number of hydrogen-bond acceptors (Lipinski definition) is 5. The van der Waals surface area contributed by atoms with E-state index in [0.29, 0.717) is 31.6 Å². The van der Waals surface area contributed by atoms with Gasteiger partial charge in [-0.2, -0.15) is 0 Å². The first kappa shape index (κ1) is 29.8. The average molecular weight is 514 g/mol. The topological polar surface area (TPSA) is 93.5 Å². The first-order valence-electron chi connectivity index (χ1n) is 12.8. The van der Waals surface area contributed by atoms with Gasteiger partial charge >= 0.3 is 5.97 Å². The molecule has 36 heavy (non-hydrogen) atoms. The minimum atomic E-state index is -1.28. The molecule has 1 aliphatic heterocycles. The Bertz CT molecular complexity index is 1010. The fraction of sp³-hybridized carbons (Fsp3) is 0.607. The van der Waals surface area contributed by atoms with Crippen LogP contribution < -0.4 is 0 Å². The molecule has 0 aromatic heterocycles. The number of carbonyl (C=O) groups excluding carboxylic acids is 1. The van der Waals surface area contributed by atoms with Crippen LogP contribution in [0.5, 0.6) is 0 Å². The SMILES string of the molecule is Cc1cc(C)c(C(=O)OCC[Si](C)(C)C)c(/C=C/CC2OC(C)(C)O[C@@H]2C/C=C\[C@H](C)CN=[N+]=[N-])c1. The number of hydrogen-bond donors (Lipinski definition) is 0. The molecule has 0 amide bonds. The minimum Gasteiger partial charge on any atom is -0.462 e. The number of azide groups is 1. The van der Waals surface area contributed by atoms with Crippen LogP contribution in [-0.2, 0) is 14.2 Å². The number of benzene rings is 1. The maximum Gasteiger partial charge on any atom is 0.338 e. The number of nitrogens with zero attached hydrogens (tertiary/aromatic N) is 3. The lowest BCUT2D eigenvalue weighted by atomic mass is 9.97. The second-order valence-electron chi connectivity index (χ2n) is 11.4. The fourth-order valence-electron chi connectivity index (χ4n) is 4.24. The molecule has 0 radical (unpaired) electrons. The summed E-state index contributed by atoms with van der Waals surface area (Å²) in [6.07, 6.45) is 9.36. The lowest BCUT2D eigenvalue weighted by Gasteiger charge is -2.17. The molecular formula is C28H43N3O4Si. The van der Waals surface area contributed by atoms with Gasteiger partial charge in [0, 0.05) is 19.5 Å². The van der Waals surface area contributed by atoms with E-state index < -0.39 is 13.9 Å². The lowest BCUT2D eigenvalue weighted by molar-refractivity contribution is -0.145. The summed E-state index contributed by atoms with van der Waals surface area (Å²) in [5.74, 6) is -0.744. The third-order valence-corrected chi connectivity index (χ3v) is 7.72. The van der Waals surface area contributed by atoms with Crippen molar-refractivity contribution in [2.75, 3.05) is 13.2 Å². The van der Waals surface area contributed by atoms with Crippen LogP contribution in [0.3, 0.4) is 0 Å². The van der Waals surface area contributed by atoms with E-state index in [1.54, 1.807) is 0 Å². The van der Waals surface area contributed by atoms with Gasteiger partial charge in [-0.05, 0) is 69.2 Å². The van der Waals surface area contributed by atoms with Gasteiger partial charge in [0.25, 0.3) is 0 Å². The summed E-state index contributed by atoms with van der Waals surface area (Å²) in [6.45, 7) is 17.6. The molecule has 0 spiro atoms. The van der Waals surface area contributed by atoms with E-state index in [-0.39, 0.29) is 24.1 Å². The molecule has 7 nitrogen and oxygen atoms in total. The summed E-state index contributed by atoms with van der Waals surface area (Å²) in [4.78, 5) is 15.8. The van der Waals surface area contributed by atoms with Crippen LogP contribution in [0.25, 0.3) is 16.5 Å². The highest BCUT2D eigenvalue weighted by Crippen LogP contribution is 2.32. The normalized spacial score (nSPS) is 20.6. The van der Waals surface area contributed by atoms with Crippen LogP contribution in [0.2, 0.25) is 25.7 Å². The van der Waals surface area contributed by atoms with Crippen molar-refractivity contribution in [2.45, 2.75) is 91.1 Å². The van der Waals surface area contributed by atoms with Crippen molar-refractivity contribution in [1.82, 2.24) is 0 Å². The summed E-state index contributed by atoms with van der Waals surface area (Å²) in [7, 11) is -1.28. The van der Waals surface area contributed by atoms with Crippen molar-refractivity contribution in [2.24, 2.45) is 11.0 Å². The Morgan fingerprint density at radius 3 is 2.44 bits per heavy atom. The standard InChI is InChI=1S/C28H43N3O4Si/c1-20(19-30-31-29)11-9-13-24-25(35-28(4,5)34-24)14-10-12-23-18-21(2)17-22(3)26(23)27(32)33-15-16-36(6,7)8/h9-12,17-18,20,24-25H,13-16,19H2,1-8H3/b11-9-,12-10+/t20-,24+,25?/m0/s1. The molecule has 198 valence electrons. The fourth-order valence-corrected chi connectivity index (χ4v) is 4.96. The monoisotopic (exact) mass is 513 g/mol. The number of carbonyl (C=O) groups is 1. The van der Waals surface area contributed by atoms with Gasteiger partial charge < -0.3 is 14.2 Å². The van der Waals surface area contributed by atoms with E-state index >= 15 is 0 Å². The maximum absolute atomic E-state index is 13.0. The molecule has 8 heteroatoms. The van der Waals surface area contributed by atoms with Gasteiger partial charge in [-0.25, -0.2) is 4.79 Å².